The largest absolute Gasteiger partial charge is 0.302 e. The number of aldehydes is 1. The minimum atomic E-state index is -1.16. The Hall–Kier alpha value is -3.05. The Bertz CT molecular complexity index is 1270. The Morgan fingerprint density at radius 1 is 0.903 bits per heavy atom. The maximum atomic E-state index is 13.9. The van der Waals surface area contributed by atoms with Gasteiger partial charge in [-0.15, -0.1) is 0 Å². The highest BCUT2D eigenvalue weighted by molar-refractivity contribution is 9.10. The molecule has 0 radical (unpaired) electrons. The first kappa shape index (κ1) is 18.7. The number of halogens is 1. The molecule has 0 unspecified atom stereocenters. The maximum absolute atomic E-state index is 13.9. The summed E-state index contributed by atoms with van der Waals surface area (Å²) in [6, 6.07) is 21.0. The lowest BCUT2D eigenvalue weighted by molar-refractivity contribution is -0.128. The van der Waals surface area contributed by atoms with E-state index in [1.165, 1.54) is 4.90 Å². The number of amides is 2. The van der Waals surface area contributed by atoms with Gasteiger partial charge in [-0.3, -0.25) is 9.59 Å². The zero-order valence-electron chi connectivity index (χ0n) is 16.7. The highest BCUT2D eigenvalue weighted by Crippen LogP contribution is 2.63. The lowest BCUT2D eigenvalue weighted by Crippen LogP contribution is -2.54. The van der Waals surface area contributed by atoms with Crippen LogP contribution in [0.3, 0.4) is 0 Å². The third-order valence-electron chi connectivity index (χ3n) is 7.28. The van der Waals surface area contributed by atoms with Crippen molar-refractivity contribution in [3.8, 4) is 0 Å². The van der Waals surface area contributed by atoms with Gasteiger partial charge >= 0.3 is 0 Å². The Labute approximate surface area is 188 Å². The van der Waals surface area contributed by atoms with Gasteiger partial charge in [-0.1, -0.05) is 70.5 Å². The van der Waals surface area contributed by atoms with Gasteiger partial charge in [0.1, 0.15) is 6.29 Å². The zero-order valence-corrected chi connectivity index (χ0v) is 18.3. The summed E-state index contributed by atoms with van der Waals surface area (Å²) in [5.74, 6) is -2.11. The molecule has 1 heterocycles. The molecule has 5 heteroatoms. The van der Waals surface area contributed by atoms with E-state index >= 15 is 0 Å². The van der Waals surface area contributed by atoms with E-state index < -0.39 is 17.3 Å². The molecule has 2 bridgehead atoms. The van der Waals surface area contributed by atoms with E-state index in [1.807, 2.05) is 61.5 Å². The second kappa shape index (κ2) is 6.24. The highest BCUT2D eigenvalue weighted by atomic mass is 79.9. The van der Waals surface area contributed by atoms with E-state index in [0.717, 1.165) is 38.6 Å². The van der Waals surface area contributed by atoms with E-state index in [4.69, 9.17) is 0 Å². The number of imide groups is 1. The van der Waals surface area contributed by atoms with Crippen LogP contribution in [0.4, 0.5) is 5.69 Å². The van der Waals surface area contributed by atoms with E-state index in [1.54, 1.807) is 12.1 Å². The predicted molar refractivity (Wildman–Crippen MR) is 120 cm³/mol. The lowest BCUT2D eigenvalue weighted by atomic mass is 9.48. The van der Waals surface area contributed by atoms with E-state index in [9.17, 15) is 14.4 Å². The van der Waals surface area contributed by atoms with Gasteiger partial charge in [0.05, 0.1) is 22.9 Å². The van der Waals surface area contributed by atoms with Crippen molar-refractivity contribution < 1.29 is 14.4 Å². The number of rotatable bonds is 2. The summed E-state index contributed by atoms with van der Waals surface area (Å²) in [5, 5.41) is 0. The van der Waals surface area contributed by atoms with Gasteiger partial charge in [0.2, 0.25) is 11.8 Å². The maximum Gasteiger partial charge on any atom is 0.239 e. The minimum Gasteiger partial charge on any atom is -0.302 e. The van der Waals surface area contributed by atoms with Crippen LogP contribution in [0.2, 0.25) is 0 Å². The Morgan fingerprint density at radius 3 is 2.10 bits per heavy atom. The molecule has 3 aliphatic carbocycles. The summed E-state index contributed by atoms with van der Waals surface area (Å²) >= 11 is 3.51. The van der Waals surface area contributed by atoms with Crippen LogP contribution in [0.15, 0.2) is 71.2 Å². The number of hydrogen-bond acceptors (Lipinski definition) is 3. The van der Waals surface area contributed by atoms with Gasteiger partial charge in [0.15, 0.2) is 0 Å². The first-order valence-electron chi connectivity index (χ1n) is 10.3. The minimum absolute atomic E-state index is 0.231. The normalized spacial score (nSPS) is 27.7. The second-order valence-electron chi connectivity index (χ2n) is 8.59. The molecular weight excluding hydrogens is 454 g/mol. The van der Waals surface area contributed by atoms with E-state index in [-0.39, 0.29) is 17.7 Å². The predicted octanol–water partition coefficient (Wildman–Crippen LogP) is 4.51. The molecule has 4 nitrogen and oxygen atoms in total. The summed E-state index contributed by atoms with van der Waals surface area (Å²) in [5.41, 5.74) is 4.05. The van der Waals surface area contributed by atoms with Crippen molar-refractivity contribution >= 4 is 39.7 Å². The fourth-order valence-corrected chi connectivity index (χ4v) is 6.37. The molecule has 2 amide bonds. The number of aryl methyl sites for hydroxylation is 1. The summed E-state index contributed by atoms with van der Waals surface area (Å²) in [7, 11) is 0. The number of nitrogens with zero attached hydrogens (tertiary/aromatic N) is 1. The van der Waals surface area contributed by atoms with Crippen molar-refractivity contribution in [3.63, 3.8) is 0 Å². The fraction of sp³-hybridized carbons (Fsp3) is 0.192. The van der Waals surface area contributed by atoms with Crippen molar-refractivity contribution in [2.45, 2.75) is 18.3 Å². The van der Waals surface area contributed by atoms with Crippen LogP contribution in [0.1, 0.15) is 33.7 Å². The number of anilines is 1. The first-order chi connectivity index (χ1) is 15.0. The van der Waals surface area contributed by atoms with Crippen LogP contribution in [0.5, 0.6) is 0 Å². The summed E-state index contributed by atoms with van der Waals surface area (Å²) in [4.78, 5) is 41.8. The van der Waals surface area contributed by atoms with Gasteiger partial charge in [-0.05, 0) is 46.9 Å². The van der Waals surface area contributed by atoms with Crippen molar-refractivity contribution in [2.24, 2.45) is 11.8 Å². The molecule has 31 heavy (non-hydrogen) atoms. The first-order valence-corrected chi connectivity index (χ1v) is 11.1. The van der Waals surface area contributed by atoms with Crippen LogP contribution in [0, 0.1) is 18.8 Å². The van der Waals surface area contributed by atoms with Crippen molar-refractivity contribution in [1.82, 2.24) is 0 Å². The third-order valence-corrected chi connectivity index (χ3v) is 8.14. The topological polar surface area (TPSA) is 54.5 Å². The molecule has 0 N–H and O–H groups in total. The van der Waals surface area contributed by atoms with Crippen LogP contribution in [0.25, 0.3) is 0 Å². The standard InChI is InChI=1S/C26H18BrNO3/c1-14-10-11-15(12-20(14)27)28-24(30)22-21-16-6-2-4-8-18(16)26(13-29,23(22)25(28)31)19-9-5-3-7-17(19)21/h2-13,21-23H,1H3/t21?,22-,23-,26?/m0/s1. The quantitative estimate of drug-likeness (QED) is 0.408. The third kappa shape index (κ3) is 2.12. The van der Waals surface area contributed by atoms with E-state index in [2.05, 4.69) is 15.9 Å². The molecule has 3 aromatic carbocycles. The van der Waals surface area contributed by atoms with Crippen molar-refractivity contribution in [3.05, 3.63) is 99.0 Å². The number of carbonyl (C=O) groups is 3. The SMILES string of the molecule is Cc1ccc(N2C(=O)[C@@H]3[C@@H](C2=O)C2c4ccccc4C3(C=O)c3ccccc32)cc1Br. The summed E-state index contributed by atoms with van der Waals surface area (Å²) in [6.45, 7) is 1.95. The zero-order chi connectivity index (χ0) is 21.5. The Balaban J connectivity index is 1.63. The molecule has 1 aliphatic heterocycles. The molecule has 1 fully saturated rings. The highest BCUT2D eigenvalue weighted by Gasteiger charge is 2.68. The van der Waals surface area contributed by atoms with Gasteiger partial charge in [0.25, 0.3) is 0 Å². The monoisotopic (exact) mass is 471 g/mol. The van der Waals surface area contributed by atoms with Crippen LogP contribution >= 0.6 is 15.9 Å². The average Bonchev–Trinajstić information content (AvgIpc) is 3.07. The van der Waals surface area contributed by atoms with Crippen LogP contribution in [-0.2, 0) is 19.8 Å². The molecular formula is C26H18BrNO3. The van der Waals surface area contributed by atoms with Crippen LogP contribution in [-0.4, -0.2) is 18.1 Å². The van der Waals surface area contributed by atoms with Gasteiger partial charge in [0, 0.05) is 10.4 Å². The molecule has 0 aromatic heterocycles. The van der Waals surface area contributed by atoms with Crippen molar-refractivity contribution in [1.29, 1.82) is 0 Å². The van der Waals surface area contributed by atoms with Gasteiger partial charge in [-0.2, -0.15) is 0 Å². The molecule has 0 saturated carbocycles. The smallest absolute Gasteiger partial charge is 0.239 e. The van der Waals surface area contributed by atoms with Gasteiger partial charge < -0.3 is 4.79 Å². The van der Waals surface area contributed by atoms with Gasteiger partial charge in [-0.25, -0.2) is 4.90 Å². The van der Waals surface area contributed by atoms with E-state index in [0.29, 0.717) is 5.69 Å². The number of carbonyl (C=O) groups excluding carboxylic acids is 3. The lowest BCUT2D eigenvalue weighted by Gasteiger charge is -2.51. The molecule has 4 aliphatic rings. The number of hydrogen-bond donors (Lipinski definition) is 0. The average molecular weight is 472 g/mol. The molecule has 3 aromatic rings. The molecule has 152 valence electrons. The summed E-state index contributed by atoms with van der Waals surface area (Å²) in [6.07, 6.45) is 0.900. The molecule has 2 atom stereocenters. The molecule has 7 rings (SSSR count). The molecule has 1 saturated heterocycles. The molecule has 0 spiro atoms. The fourth-order valence-electron chi connectivity index (χ4n) is 6.01. The summed E-state index contributed by atoms with van der Waals surface area (Å²) < 4.78 is 0.833. The Morgan fingerprint density at radius 2 is 1.52 bits per heavy atom. The number of benzene rings is 3. The second-order valence-corrected chi connectivity index (χ2v) is 9.44. The van der Waals surface area contributed by atoms with Crippen LogP contribution < -0.4 is 4.90 Å². The Kier molecular flexibility index (Phi) is 3.76. The van der Waals surface area contributed by atoms with Crippen molar-refractivity contribution in [2.75, 3.05) is 4.90 Å².